The zero-order chi connectivity index (χ0) is 21.1. The van der Waals surface area contributed by atoms with Crippen molar-refractivity contribution in [3.8, 4) is 16.9 Å². The summed E-state index contributed by atoms with van der Waals surface area (Å²) in [6, 6.07) is 17.0. The van der Waals surface area contributed by atoms with Gasteiger partial charge in [0, 0.05) is 18.3 Å². The number of benzene rings is 2. The summed E-state index contributed by atoms with van der Waals surface area (Å²) in [5.74, 6) is 0.839. The van der Waals surface area contributed by atoms with Crippen molar-refractivity contribution >= 4 is 11.9 Å². The van der Waals surface area contributed by atoms with E-state index in [1.807, 2.05) is 25.3 Å². The normalized spacial score (nSPS) is 12.9. The van der Waals surface area contributed by atoms with Crippen molar-refractivity contribution in [3.05, 3.63) is 71.0 Å². The molecule has 0 unspecified atom stereocenters. The Bertz CT molecular complexity index is 1040. The molecule has 3 aromatic rings. The molecule has 2 heterocycles. The van der Waals surface area contributed by atoms with Gasteiger partial charge in [-0.25, -0.2) is 0 Å². The van der Waals surface area contributed by atoms with Crippen LogP contribution in [0.4, 0.5) is 5.69 Å². The van der Waals surface area contributed by atoms with Crippen LogP contribution in [0.2, 0.25) is 0 Å². The highest BCUT2D eigenvalue weighted by Crippen LogP contribution is 2.38. The molecule has 1 aliphatic heterocycles. The van der Waals surface area contributed by atoms with Crippen LogP contribution >= 0.6 is 0 Å². The molecular weight excluding hydrogens is 374 g/mol. The van der Waals surface area contributed by atoms with Crippen molar-refractivity contribution in [2.45, 2.75) is 20.0 Å². The van der Waals surface area contributed by atoms with Gasteiger partial charge in [-0.15, -0.1) is 0 Å². The zero-order valence-corrected chi connectivity index (χ0v) is 18.0. The number of methoxy groups -OCH3 is 1. The number of rotatable bonds is 6. The van der Waals surface area contributed by atoms with Gasteiger partial charge in [0.25, 0.3) is 0 Å². The molecule has 0 saturated carbocycles. The third-order valence-corrected chi connectivity index (χ3v) is 5.12. The van der Waals surface area contributed by atoms with Crippen LogP contribution in [-0.4, -0.2) is 49.2 Å². The Balaban J connectivity index is 1.66. The van der Waals surface area contributed by atoms with Crippen LogP contribution in [0.5, 0.6) is 5.75 Å². The Morgan fingerprint density at radius 2 is 1.80 bits per heavy atom. The van der Waals surface area contributed by atoms with E-state index >= 15 is 0 Å². The minimum atomic E-state index is 0.567. The quantitative estimate of drug-likeness (QED) is 0.627. The fourth-order valence-electron chi connectivity index (χ4n) is 3.70. The number of fused-ring (bicyclic) bond motifs is 1. The summed E-state index contributed by atoms with van der Waals surface area (Å²) in [5.41, 5.74) is 7.48. The van der Waals surface area contributed by atoms with E-state index in [1.54, 1.807) is 7.11 Å². The molecule has 154 valence electrons. The van der Waals surface area contributed by atoms with Crippen LogP contribution in [0.25, 0.3) is 11.1 Å². The van der Waals surface area contributed by atoms with Gasteiger partial charge in [-0.3, -0.25) is 4.99 Å². The summed E-state index contributed by atoms with van der Waals surface area (Å²) >= 11 is 0. The summed E-state index contributed by atoms with van der Waals surface area (Å²) in [4.78, 5) is 8.91. The number of aromatic nitrogens is 2. The van der Waals surface area contributed by atoms with Crippen LogP contribution in [-0.2, 0) is 13.1 Å². The molecular formula is C24H27N5O. The molecule has 0 radical (unpaired) electrons. The molecule has 1 aromatic heterocycles. The first kappa shape index (κ1) is 20.0. The number of anilines is 1. The Kier molecular flexibility index (Phi) is 5.77. The summed E-state index contributed by atoms with van der Waals surface area (Å²) in [5, 5.41) is 8.48. The highest BCUT2D eigenvalue weighted by molar-refractivity contribution is 5.94. The average Bonchev–Trinajstić information content (AvgIpc) is 2.75. The topological polar surface area (TPSA) is 53.9 Å². The molecule has 30 heavy (non-hydrogen) atoms. The van der Waals surface area contributed by atoms with E-state index in [-0.39, 0.29) is 0 Å². The van der Waals surface area contributed by atoms with Crippen molar-refractivity contribution < 1.29 is 4.74 Å². The lowest BCUT2D eigenvalue weighted by Crippen LogP contribution is -2.28. The highest BCUT2D eigenvalue weighted by atomic mass is 16.5. The molecule has 6 heteroatoms. The van der Waals surface area contributed by atoms with Crippen molar-refractivity contribution in [2.24, 2.45) is 4.99 Å². The Morgan fingerprint density at radius 3 is 2.47 bits per heavy atom. The largest absolute Gasteiger partial charge is 0.495 e. The summed E-state index contributed by atoms with van der Waals surface area (Å²) < 4.78 is 5.79. The number of hydrogen-bond donors (Lipinski definition) is 0. The number of aryl methyl sites for hydroxylation is 1. The van der Waals surface area contributed by atoms with E-state index in [1.165, 1.54) is 5.56 Å². The van der Waals surface area contributed by atoms with E-state index in [9.17, 15) is 0 Å². The number of aliphatic imine (C=N–C) groups is 1. The van der Waals surface area contributed by atoms with Gasteiger partial charge >= 0.3 is 0 Å². The third kappa shape index (κ3) is 4.33. The highest BCUT2D eigenvalue weighted by Gasteiger charge is 2.21. The zero-order valence-electron chi connectivity index (χ0n) is 18.0. The molecule has 0 aliphatic carbocycles. The maximum atomic E-state index is 5.79. The van der Waals surface area contributed by atoms with Gasteiger partial charge in [0.1, 0.15) is 12.4 Å². The second kappa shape index (κ2) is 8.63. The van der Waals surface area contributed by atoms with Crippen LogP contribution in [0.3, 0.4) is 0 Å². The van der Waals surface area contributed by atoms with Crippen molar-refractivity contribution in [3.63, 3.8) is 0 Å². The molecule has 0 amide bonds. The van der Waals surface area contributed by atoms with Crippen molar-refractivity contribution in [1.82, 2.24) is 15.1 Å². The molecule has 0 bridgehead atoms. The van der Waals surface area contributed by atoms with Gasteiger partial charge in [0.15, 0.2) is 0 Å². The second-order valence-corrected chi connectivity index (χ2v) is 7.87. The van der Waals surface area contributed by atoms with Gasteiger partial charge in [-0.1, -0.05) is 24.3 Å². The molecule has 1 aliphatic rings. The smallest absolute Gasteiger partial charge is 0.143 e. The van der Waals surface area contributed by atoms with E-state index in [0.717, 1.165) is 46.1 Å². The number of hydrogen-bond acceptors (Lipinski definition) is 6. The van der Waals surface area contributed by atoms with Crippen LogP contribution in [0, 0.1) is 6.92 Å². The average molecular weight is 402 g/mol. The predicted molar refractivity (Wildman–Crippen MR) is 121 cm³/mol. The van der Waals surface area contributed by atoms with Gasteiger partial charge in [-0.05, 0) is 62.0 Å². The van der Waals surface area contributed by atoms with Crippen LogP contribution in [0.15, 0.2) is 53.5 Å². The fourth-order valence-corrected chi connectivity index (χ4v) is 3.70. The van der Waals surface area contributed by atoms with E-state index in [0.29, 0.717) is 13.2 Å². The molecule has 0 atom stereocenters. The molecule has 0 spiro atoms. The van der Waals surface area contributed by atoms with Gasteiger partial charge in [-0.2, -0.15) is 10.2 Å². The van der Waals surface area contributed by atoms with Crippen LogP contribution in [0.1, 0.15) is 22.5 Å². The molecule has 4 rings (SSSR count). The third-order valence-electron chi connectivity index (χ3n) is 5.12. The van der Waals surface area contributed by atoms with Crippen LogP contribution < -0.4 is 9.64 Å². The predicted octanol–water partition coefficient (Wildman–Crippen LogP) is 3.92. The lowest BCUT2D eigenvalue weighted by Gasteiger charge is -2.29. The Hall–Kier alpha value is -3.25. The molecule has 0 N–H and O–H groups in total. The van der Waals surface area contributed by atoms with Gasteiger partial charge in [0.05, 0.1) is 30.7 Å². The molecule has 6 nitrogen and oxygen atoms in total. The molecule has 0 fully saturated rings. The number of nitrogens with zero attached hydrogens (tertiary/aromatic N) is 5. The summed E-state index contributed by atoms with van der Waals surface area (Å²) in [6.07, 6.45) is 1.93. The Morgan fingerprint density at radius 1 is 1.00 bits per heavy atom. The number of ether oxygens (including phenoxy) is 1. The molecule has 2 aromatic carbocycles. The second-order valence-electron chi connectivity index (χ2n) is 7.87. The lowest BCUT2D eigenvalue weighted by atomic mass is 9.99. The van der Waals surface area contributed by atoms with Gasteiger partial charge < -0.3 is 14.5 Å². The minimum Gasteiger partial charge on any atom is -0.495 e. The lowest BCUT2D eigenvalue weighted by molar-refractivity contribution is 0.402. The summed E-state index contributed by atoms with van der Waals surface area (Å²) in [6.45, 7) is 4.07. The Labute approximate surface area is 177 Å². The van der Waals surface area contributed by atoms with E-state index in [2.05, 4.69) is 75.5 Å². The monoisotopic (exact) mass is 401 g/mol. The first-order chi connectivity index (χ1) is 14.5. The molecule has 0 saturated heterocycles. The minimum absolute atomic E-state index is 0.567. The van der Waals surface area contributed by atoms with Crippen molar-refractivity contribution in [2.75, 3.05) is 32.8 Å². The first-order valence-electron chi connectivity index (χ1n) is 10.0. The standard InChI is InChI=1S/C24H27N5O/c1-17-5-10-22(27-26-17)15-29-16-25-13-21-11-20(12-23(30-4)24(21)29)19-8-6-18(7-9-19)14-28(2)3/h5-13H,14-16H2,1-4H3. The first-order valence-corrected chi connectivity index (χ1v) is 10.0. The summed E-state index contributed by atoms with van der Waals surface area (Å²) in [7, 11) is 5.88. The SMILES string of the molecule is COc1cc(-c2ccc(CN(C)C)cc2)cc2c1N(Cc1ccc(C)nn1)CN=C2. The van der Waals surface area contributed by atoms with Gasteiger partial charge in [0.2, 0.25) is 0 Å². The van der Waals surface area contributed by atoms with Crippen molar-refractivity contribution in [1.29, 1.82) is 0 Å². The maximum Gasteiger partial charge on any atom is 0.143 e. The van der Waals surface area contributed by atoms with E-state index in [4.69, 9.17) is 4.74 Å². The fraction of sp³-hybridized carbons (Fsp3) is 0.292. The van der Waals surface area contributed by atoms with E-state index < -0.39 is 0 Å². The maximum absolute atomic E-state index is 5.79.